The number of thiophene rings is 1. The lowest BCUT2D eigenvalue weighted by Crippen LogP contribution is -2.06. The molecule has 0 aliphatic heterocycles. The van der Waals surface area contributed by atoms with Crippen molar-refractivity contribution >= 4 is 38.6 Å². The molecule has 11 heavy (non-hydrogen) atoms. The van der Waals surface area contributed by atoms with Gasteiger partial charge in [0.1, 0.15) is 5.00 Å². The zero-order valence-corrected chi connectivity index (χ0v) is 8.70. The summed E-state index contributed by atoms with van der Waals surface area (Å²) in [5.74, 6) is 0. The normalized spacial score (nSPS) is 9.73. The van der Waals surface area contributed by atoms with Gasteiger partial charge in [0.15, 0.2) is 6.29 Å². The average molecular weight is 234 g/mol. The molecule has 0 bridgehead atoms. The molecule has 0 N–H and O–H groups in total. The minimum atomic E-state index is 0.751. The van der Waals surface area contributed by atoms with Gasteiger partial charge in [0.25, 0.3) is 0 Å². The van der Waals surface area contributed by atoms with Gasteiger partial charge in [0, 0.05) is 14.1 Å². The van der Waals surface area contributed by atoms with Crippen LogP contribution in [0.1, 0.15) is 9.67 Å². The number of aldehydes is 1. The SMILES string of the molecule is CN(C)c1sc(C=O)cc1Br. The average Bonchev–Trinajstić information content (AvgIpc) is 2.30. The topological polar surface area (TPSA) is 20.3 Å². The molecule has 0 saturated carbocycles. The molecule has 1 aromatic rings. The fourth-order valence-corrected chi connectivity index (χ4v) is 2.52. The highest BCUT2D eigenvalue weighted by Gasteiger charge is 2.06. The van der Waals surface area contributed by atoms with E-state index >= 15 is 0 Å². The second-order valence-corrected chi connectivity index (χ2v) is 4.23. The maximum atomic E-state index is 10.4. The van der Waals surface area contributed by atoms with Gasteiger partial charge in [-0.15, -0.1) is 11.3 Å². The molecular formula is C7H8BrNOS. The van der Waals surface area contributed by atoms with Crippen LogP contribution in [-0.4, -0.2) is 20.4 Å². The number of halogens is 1. The van der Waals surface area contributed by atoms with Crippen LogP contribution in [0.3, 0.4) is 0 Å². The minimum Gasteiger partial charge on any atom is -0.369 e. The zero-order chi connectivity index (χ0) is 8.43. The minimum absolute atomic E-state index is 0.751. The number of nitrogens with zero attached hydrogens (tertiary/aromatic N) is 1. The Hall–Kier alpha value is -0.350. The molecule has 1 heterocycles. The van der Waals surface area contributed by atoms with Crippen molar-refractivity contribution in [2.24, 2.45) is 0 Å². The monoisotopic (exact) mass is 233 g/mol. The lowest BCUT2D eigenvalue weighted by molar-refractivity contribution is 0.112. The first-order valence-corrected chi connectivity index (χ1v) is 4.68. The van der Waals surface area contributed by atoms with E-state index in [4.69, 9.17) is 0 Å². The standard InChI is InChI=1S/C7H8BrNOS/c1-9(2)7-6(8)3-5(4-10)11-7/h3-4H,1-2H3. The largest absolute Gasteiger partial charge is 0.369 e. The predicted octanol–water partition coefficient (Wildman–Crippen LogP) is 2.39. The van der Waals surface area contributed by atoms with Crippen LogP contribution < -0.4 is 4.90 Å². The first-order chi connectivity index (χ1) is 5.15. The van der Waals surface area contributed by atoms with Crippen molar-refractivity contribution in [1.29, 1.82) is 0 Å². The van der Waals surface area contributed by atoms with Crippen LogP contribution in [0.4, 0.5) is 5.00 Å². The maximum Gasteiger partial charge on any atom is 0.160 e. The molecule has 2 nitrogen and oxygen atoms in total. The van der Waals surface area contributed by atoms with E-state index in [1.165, 1.54) is 11.3 Å². The molecule has 0 saturated heterocycles. The summed E-state index contributed by atoms with van der Waals surface area (Å²) in [6.07, 6.45) is 0.864. The summed E-state index contributed by atoms with van der Waals surface area (Å²) in [7, 11) is 3.90. The molecule has 1 rings (SSSR count). The van der Waals surface area contributed by atoms with Crippen LogP contribution >= 0.6 is 27.3 Å². The summed E-state index contributed by atoms with van der Waals surface area (Å²) in [4.78, 5) is 13.1. The number of hydrogen-bond acceptors (Lipinski definition) is 3. The molecule has 0 amide bonds. The second kappa shape index (κ2) is 3.36. The molecule has 0 aliphatic carbocycles. The quantitative estimate of drug-likeness (QED) is 0.732. The molecule has 1 aromatic heterocycles. The number of anilines is 1. The summed E-state index contributed by atoms with van der Waals surface area (Å²) in [5.41, 5.74) is 0. The third-order valence-electron chi connectivity index (χ3n) is 1.21. The van der Waals surface area contributed by atoms with Gasteiger partial charge < -0.3 is 4.90 Å². The molecular weight excluding hydrogens is 226 g/mol. The highest BCUT2D eigenvalue weighted by molar-refractivity contribution is 9.10. The van der Waals surface area contributed by atoms with Crippen LogP contribution in [0.2, 0.25) is 0 Å². The lowest BCUT2D eigenvalue weighted by Gasteiger charge is -2.08. The summed E-state index contributed by atoms with van der Waals surface area (Å²) in [6, 6.07) is 1.83. The van der Waals surface area contributed by atoms with Gasteiger partial charge in [0.2, 0.25) is 0 Å². The fourth-order valence-electron chi connectivity index (χ4n) is 0.739. The van der Waals surface area contributed by atoms with E-state index in [2.05, 4.69) is 15.9 Å². The number of hydrogen-bond donors (Lipinski definition) is 0. The van der Waals surface area contributed by atoms with Gasteiger partial charge in [-0.05, 0) is 22.0 Å². The van der Waals surface area contributed by atoms with Gasteiger partial charge in [0.05, 0.1) is 9.35 Å². The molecule has 0 fully saturated rings. The molecule has 0 radical (unpaired) electrons. The number of carbonyl (C=O) groups excluding carboxylic acids is 1. The summed E-state index contributed by atoms with van der Waals surface area (Å²) >= 11 is 4.85. The summed E-state index contributed by atoms with van der Waals surface area (Å²) in [6.45, 7) is 0. The van der Waals surface area contributed by atoms with E-state index in [-0.39, 0.29) is 0 Å². The van der Waals surface area contributed by atoms with Crippen LogP contribution in [0.5, 0.6) is 0 Å². The highest BCUT2D eigenvalue weighted by Crippen LogP contribution is 2.33. The molecule has 0 unspecified atom stereocenters. The molecule has 0 atom stereocenters. The zero-order valence-electron chi connectivity index (χ0n) is 6.30. The van der Waals surface area contributed by atoms with Crippen molar-refractivity contribution in [2.75, 3.05) is 19.0 Å². The van der Waals surface area contributed by atoms with E-state index in [1.807, 2.05) is 25.1 Å². The van der Waals surface area contributed by atoms with E-state index in [1.54, 1.807) is 0 Å². The van der Waals surface area contributed by atoms with E-state index in [0.29, 0.717) is 0 Å². The molecule has 60 valence electrons. The molecule has 0 spiro atoms. The maximum absolute atomic E-state index is 10.4. The second-order valence-electron chi connectivity index (χ2n) is 2.31. The predicted molar refractivity (Wildman–Crippen MR) is 51.7 cm³/mol. The third-order valence-corrected chi connectivity index (χ3v) is 3.31. The summed E-state index contributed by atoms with van der Waals surface area (Å²) < 4.78 is 0.981. The highest BCUT2D eigenvalue weighted by atomic mass is 79.9. The summed E-state index contributed by atoms with van der Waals surface area (Å²) in [5, 5.41) is 1.08. The van der Waals surface area contributed by atoms with Gasteiger partial charge >= 0.3 is 0 Å². The van der Waals surface area contributed by atoms with Crippen LogP contribution in [0, 0.1) is 0 Å². The van der Waals surface area contributed by atoms with Gasteiger partial charge in [-0.1, -0.05) is 0 Å². The van der Waals surface area contributed by atoms with Crippen molar-refractivity contribution < 1.29 is 4.79 Å². The molecule has 4 heteroatoms. The Bertz CT molecular complexity index is 269. The number of rotatable bonds is 2. The Morgan fingerprint density at radius 3 is 2.55 bits per heavy atom. The molecule has 0 aromatic carbocycles. The van der Waals surface area contributed by atoms with Crippen molar-refractivity contribution in [1.82, 2.24) is 0 Å². The smallest absolute Gasteiger partial charge is 0.160 e. The first kappa shape index (κ1) is 8.74. The Kier molecular flexibility index (Phi) is 2.67. The van der Waals surface area contributed by atoms with E-state index in [9.17, 15) is 4.79 Å². The Balaban J connectivity index is 3.06. The molecule has 0 aliphatic rings. The van der Waals surface area contributed by atoms with Gasteiger partial charge in [-0.25, -0.2) is 0 Å². The van der Waals surface area contributed by atoms with Crippen molar-refractivity contribution in [3.63, 3.8) is 0 Å². The Labute approximate surface area is 78.0 Å². The van der Waals surface area contributed by atoms with Gasteiger partial charge in [-0.2, -0.15) is 0 Å². The van der Waals surface area contributed by atoms with Gasteiger partial charge in [-0.3, -0.25) is 4.79 Å². The van der Waals surface area contributed by atoms with E-state index < -0.39 is 0 Å². The Morgan fingerprint density at radius 1 is 1.64 bits per heavy atom. The Morgan fingerprint density at radius 2 is 2.27 bits per heavy atom. The fraction of sp³-hybridized carbons (Fsp3) is 0.286. The van der Waals surface area contributed by atoms with Crippen LogP contribution in [-0.2, 0) is 0 Å². The van der Waals surface area contributed by atoms with E-state index in [0.717, 1.165) is 20.6 Å². The number of carbonyl (C=O) groups is 1. The van der Waals surface area contributed by atoms with Crippen molar-refractivity contribution in [2.45, 2.75) is 0 Å². The van der Waals surface area contributed by atoms with Crippen LogP contribution in [0.15, 0.2) is 10.5 Å². The van der Waals surface area contributed by atoms with Crippen LogP contribution in [0.25, 0.3) is 0 Å². The lowest BCUT2D eigenvalue weighted by atomic mass is 10.5. The van der Waals surface area contributed by atoms with Crippen molar-refractivity contribution in [3.8, 4) is 0 Å². The third kappa shape index (κ3) is 1.81. The van der Waals surface area contributed by atoms with Crippen molar-refractivity contribution in [3.05, 3.63) is 15.4 Å². The first-order valence-electron chi connectivity index (χ1n) is 3.07.